The van der Waals surface area contributed by atoms with Gasteiger partial charge in [-0.3, -0.25) is 0 Å². The summed E-state index contributed by atoms with van der Waals surface area (Å²) in [5.74, 6) is 0.401. The molecule has 0 amide bonds. The Morgan fingerprint density at radius 2 is 1.84 bits per heavy atom. The minimum Gasteiger partial charge on any atom is -0.493 e. The van der Waals surface area contributed by atoms with Crippen LogP contribution in [-0.2, 0) is 17.9 Å². The van der Waals surface area contributed by atoms with Crippen LogP contribution >= 0.6 is 11.6 Å². The van der Waals surface area contributed by atoms with Crippen molar-refractivity contribution in [2.24, 2.45) is 0 Å². The highest BCUT2D eigenvalue weighted by Crippen LogP contribution is 2.33. The normalized spacial score (nSPS) is 10.5. The predicted octanol–water partition coefficient (Wildman–Crippen LogP) is 5.86. The molecule has 0 aliphatic heterocycles. The van der Waals surface area contributed by atoms with Crippen molar-refractivity contribution < 1.29 is 23.4 Å². The summed E-state index contributed by atoms with van der Waals surface area (Å²) in [6.45, 7) is 2.73. The van der Waals surface area contributed by atoms with Gasteiger partial charge in [-0.15, -0.1) is 0 Å². The van der Waals surface area contributed by atoms with E-state index in [0.29, 0.717) is 40.8 Å². The summed E-state index contributed by atoms with van der Waals surface area (Å²) < 4.78 is 29.7. The fraction of sp³-hybridized carbons (Fsp3) is 0.208. The van der Waals surface area contributed by atoms with E-state index in [9.17, 15) is 9.18 Å². The zero-order chi connectivity index (χ0) is 22.2. The molecule has 0 bridgehead atoms. The van der Waals surface area contributed by atoms with Gasteiger partial charge < -0.3 is 19.5 Å². The van der Waals surface area contributed by atoms with Crippen LogP contribution in [0, 0.1) is 5.82 Å². The van der Waals surface area contributed by atoms with E-state index in [1.165, 1.54) is 12.1 Å². The van der Waals surface area contributed by atoms with E-state index in [2.05, 4.69) is 5.32 Å². The van der Waals surface area contributed by atoms with Crippen molar-refractivity contribution >= 4 is 23.3 Å². The molecule has 0 saturated heterocycles. The van der Waals surface area contributed by atoms with Crippen LogP contribution in [-0.4, -0.2) is 19.7 Å². The molecule has 5 nitrogen and oxygen atoms in total. The van der Waals surface area contributed by atoms with Crippen LogP contribution in [0.1, 0.15) is 28.4 Å². The Morgan fingerprint density at radius 3 is 2.52 bits per heavy atom. The first-order valence-corrected chi connectivity index (χ1v) is 10.1. The van der Waals surface area contributed by atoms with Crippen LogP contribution in [0.15, 0.2) is 60.7 Å². The van der Waals surface area contributed by atoms with Gasteiger partial charge in [-0.1, -0.05) is 29.8 Å². The molecule has 0 fully saturated rings. The van der Waals surface area contributed by atoms with Crippen molar-refractivity contribution in [3.63, 3.8) is 0 Å². The third-order valence-electron chi connectivity index (χ3n) is 4.55. The Labute approximate surface area is 185 Å². The third kappa shape index (κ3) is 5.89. The molecule has 0 aromatic heterocycles. The highest BCUT2D eigenvalue weighted by molar-refractivity contribution is 6.31. The largest absolute Gasteiger partial charge is 0.493 e. The molecule has 3 aromatic rings. The van der Waals surface area contributed by atoms with E-state index < -0.39 is 5.82 Å². The van der Waals surface area contributed by atoms with Gasteiger partial charge in [-0.25, -0.2) is 9.18 Å². The van der Waals surface area contributed by atoms with Crippen molar-refractivity contribution in [1.82, 2.24) is 0 Å². The van der Waals surface area contributed by atoms with Crippen molar-refractivity contribution in [3.05, 3.63) is 88.2 Å². The van der Waals surface area contributed by atoms with Gasteiger partial charge in [-0.2, -0.15) is 0 Å². The number of carbonyl (C=O) groups excluding carboxylic acids is 1. The van der Waals surface area contributed by atoms with E-state index in [1.807, 2.05) is 24.3 Å². The smallest absolute Gasteiger partial charge is 0.338 e. The first-order chi connectivity index (χ1) is 15.0. The average Bonchev–Trinajstić information content (AvgIpc) is 2.77. The Bertz CT molecular complexity index is 1040. The SMILES string of the molecule is CCOC(=O)c1ccc(NCc2cccc(OC)c2OCc2ccc(F)cc2Cl)cc1. The first kappa shape index (κ1) is 22.4. The predicted molar refractivity (Wildman–Crippen MR) is 118 cm³/mol. The number of anilines is 1. The first-order valence-electron chi connectivity index (χ1n) is 9.75. The number of hydrogen-bond acceptors (Lipinski definition) is 5. The molecule has 0 saturated carbocycles. The van der Waals surface area contributed by atoms with E-state index in [-0.39, 0.29) is 12.6 Å². The van der Waals surface area contributed by atoms with Crippen molar-refractivity contribution in [1.29, 1.82) is 0 Å². The van der Waals surface area contributed by atoms with Gasteiger partial charge in [0, 0.05) is 23.4 Å². The zero-order valence-corrected chi connectivity index (χ0v) is 18.0. The highest BCUT2D eigenvalue weighted by atomic mass is 35.5. The van der Waals surface area contributed by atoms with E-state index >= 15 is 0 Å². The minimum absolute atomic E-state index is 0.167. The lowest BCUT2D eigenvalue weighted by Gasteiger charge is -2.16. The molecule has 3 rings (SSSR count). The van der Waals surface area contributed by atoms with Crippen LogP contribution in [0.2, 0.25) is 5.02 Å². The summed E-state index contributed by atoms with van der Waals surface area (Å²) >= 11 is 6.11. The maximum Gasteiger partial charge on any atom is 0.338 e. The molecule has 0 unspecified atom stereocenters. The lowest BCUT2D eigenvalue weighted by atomic mass is 10.1. The lowest BCUT2D eigenvalue weighted by molar-refractivity contribution is 0.0526. The number of halogens is 2. The van der Waals surface area contributed by atoms with Crippen LogP contribution < -0.4 is 14.8 Å². The summed E-state index contributed by atoms with van der Waals surface area (Å²) in [5, 5.41) is 3.61. The topological polar surface area (TPSA) is 56.8 Å². The van der Waals surface area contributed by atoms with E-state index in [4.69, 9.17) is 25.8 Å². The van der Waals surface area contributed by atoms with Crippen LogP contribution in [0.4, 0.5) is 10.1 Å². The molecule has 31 heavy (non-hydrogen) atoms. The standard InChI is InChI=1S/C24H23ClFNO4/c1-3-30-24(28)16-8-11-20(12-9-16)27-14-17-5-4-6-22(29-2)23(17)31-15-18-7-10-19(26)13-21(18)25/h4-13,27H,3,14-15H2,1-2H3. The van der Waals surface area contributed by atoms with Crippen LogP contribution in [0.5, 0.6) is 11.5 Å². The number of hydrogen-bond donors (Lipinski definition) is 1. The summed E-state index contributed by atoms with van der Waals surface area (Å²) in [7, 11) is 1.57. The summed E-state index contributed by atoms with van der Waals surface area (Å²) in [6, 6.07) is 16.8. The molecule has 7 heteroatoms. The Morgan fingerprint density at radius 1 is 1.06 bits per heavy atom. The second-order valence-corrected chi connectivity index (χ2v) is 7.03. The monoisotopic (exact) mass is 443 g/mol. The van der Waals surface area contributed by atoms with Crippen LogP contribution in [0.3, 0.4) is 0 Å². The molecule has 0 atom stereocenters. The second-order valence-electron chi connectivity index (χ2n) is 6.62. The van der Waals surface area contributed by atoms with Gasteiger partial charge >= 0.3 is 5.97 Å². The lowest BCUT2D eigenvalue weighted by Crippen LogP contribution is -2.07. The number of methoxy groups -OCH3 is 1. The number of nitrogens with one attached hydrogen (secondary N) is 1. The van der Waals surface area contributed by atoms with E-state index in [1.54, 1.807) is 38.3 Å². The quantitative estimate of drug-likeness (QED) is 0.420. The van der Waals surface area contributed by atoms with Gasteiger partial charge in [0.1, 0.15) is 12.4 Å². The summed E-state index contributed by atoms with van der Waals surface area (Å²) in [6.07, 6.45) is 0. The zero-order valence-electron chi connectivity index (χ0n) is 17.3. The van der Waals surface area contributed by atoms with Gasteiger partial charge in [-0.05, 0) is 49.4 Å². The fourth-order valence-corrected chi connectivity index (χ4v) is 3.17. The molecule has 0 aliphatic rings. The number of benzene rings is 3. The van der Waals surface area contributed by atoms with Crippen molar-refractivity contribution in [2.75, 3.05) is 19.0 Å². The second kappa shape index (κ2) is 10.7. The van der Waals surface area contributed by atoms with Gasteiger partial charge in [0.2, 0.25) is 0 Å². The molecule has 0 aliphatic carbocycles. The number of ether oxygens (including phenoxy) is 3. The molecule has 1 N–H and O–H groups in total. The minimum atomic E-state index is -0.398. The number of rotatable bonds is 9. The molecule has 0 heterocycles. The van der Waals surface area contributed by atoms with Crippen LogP contribution in [0.25, 0.3) is 0 Å². The van der Waals surface area contributed by atoms with Gasteiger partial charge in [0.05, 0.1) is 24.3 Å². The number of carbonyl (C=O) groups is 1. The third-order valence-corrected chi connectivity index (χ3v) is 4.90. The van der Waals surface area contributed by atoms with Crippen molar-refractivity contribution in [3.8, 4) is 11.5 Å². The Balaban J connectivity index is 1.72. The molecular formula is C24H23ClFNO4. The molecule has 0 radical (unpaired) electrons. The molecule has 3 aromatic carbocycles. The fourth-order valence-electron chi connectivity index (χ4n) is 2.95. The Kier molecular flexibility index (Phi) is 7.73. The average molecular weight is 444 g/mol. The van der Waals surface area contributed by atoms with E-state index in [0.717, 1.165) is 11.3 Å². The Hall–Kier alpha value is -3.25. The maximum absolute atomic E-state index is 13.3. The molecule has 162 valence electrons. The number of para-hydroxylation sites is 1. The van der Waals surface area contributed by atoms with Gasteiger partial charge in [0.15, 0.2) is 11.5 Å². The summed E-state index contributed by atoms with van der Waals surface area (Å²) in [5.41, 5.74) is 2.87. The number of esters is 1. The summed E-state index contributed by atoms with van der Waals surface area (Å²) in [4.78, 5) is 11.8. The molecule has 0 spiro atoms. The maximum atomic E-state index is 13.3. The van der Waals surface area contributed by atoms with Gasteiger partial charge in [0.25, 0.3) is 0 Å². The molecular weight excluding hydrogens is 421 g/mol. The van der Waals surface area contributed by atoms with Crippen molar-refractivity contribution in [2.45, 2.75) is 20.1 Å². The highest BCUT2D eigenvalue weighted by Gasteiger charge is 2.13.